The van der Waals surface area contributed by atoms with Crippen LogP contribution in [0.3, 0.4) is 0 Å². The molecule has 0 fully saturated rings. The summed E-state index contributed by atoms with van der Waals surface area (Å²) in [6.45, 7) is 6.98. The second-order valence-corrected chi connectivity index (χ2v) is 6.32. The van der Waals surface area contributed by atoms with Crippen molar-refractivity contribution in [2.24, 2.45) is 0 Å². The Kier molecular flexibility index (Phi) is 5.59. The third-order valence-corrected chi connectivity index (χ3v) is 4.42. The fraction of sp³-hybridized carbons (Fsp3) is 0.474. The lowest BCUT2D eigenvalue weighted by molar-refractivity contribution is -0.129. The summed E-state index contributed by atoms with van der Waals surface area (Å²) in [7, 11) is 1.83. The number of aromatic nitrogens is 1. The van der Waals surface area contributed by atoms with Gasteiger partial charge >= 0.3 is 0 Å². The zero-order valence-electron chi connectivity index (χ0n) is 14.5. The number of benzene rings is 1. The van der Waals surface area contributed by atoms with Gasteiger partial charge in [-0.2, -0.15) is 0 Å². The van der Waals surface area contributed by atoms with Crippen LogP contribution in [0.4, 0.5) is 0 Å². The van der Waals surface area contributed by atoms with Crippen LogP contribution < -0.4 is 5.56 Å². The number of carbonyl (C=O) groups is 1. The third-order valence-electron chi connectivity index (χ3n) is 4.42. The van der Waals surface area contributed by atoms with Gasteiger partial charge in [0.25, 0.3) is 5.56 Å². The number of aryl methyl sites for hydroxylation is 3. The quantitative estimate of drug-likeness (QED) is 0.889. The van der Waals surface area contributed by atoms with Crippen LogP contribution in [0.2, 0.25) is 0 Å². The number of aromatic amines is 1. The molecule has 0 aliphatic heterocycles. The molecule has 0 bridgehead atoms. The Morgan fingerprint density at radius 1 is 1.17 bits per heavy atom. The van der Waals surface area contributed by atoms with E-state index < -0.39 is 0 Å². The molecule has 4 heteroatoms. The minimum atomic E-state index is -0.0928. The number of hydrogen-bond donors (Lipinski definition) is 1. The predicted molar refractivity (Wildman–Crippen MR) is 94.9 cm³/mol. The standard InChI is InChI=1S/C19H26N2O2/c1-5-6-9-21(4)18(22)8-7-15-12-16-10-13(2)14(3)11-17(16)20-19(15)23/h10-12H,5-9H2,1-4H3,(H,20,23). The van der Waals surface area contributed by atoms with E-state index in [1.807, 2.05) is 26.1 Å². The Balaban J connectivity index is 2.14. The largest absolute Gasteiger partial charge is 0.346 e. The van der Waals surface area contributed by atoms with Crippen molar-refractivity contribution in [3.8, 4) is 0 Å². The highest BCUT2D eigenvalue weighted by molar-refractivity contribution is 5.81. The van der Waals surface area contributed by atoms with Crippen molar-refractivity contribution in [1.82, 2.24) is 9.88 Å². The van der Waals surface area contributed by atoms with E-state index in [1.165, 1.54) is 5.56 Å². The molecule has 0 aliphatic rings. The molecule has 2 rings (SSSR count). The Hall–Kier alpha value is -2.10. The molecule has 1 amide bonds. The summed E-state index contributed by atoms with van der Waals surface area (Å²) in [4.78, 5) is 29.0. The molecule has 23 heavy (non-hydrogen) atoms. The van der Waals surface area contributed by atoms with Crippen molar-refractivity contribution in [2.75, 3.05) is 13.6 Å². The number of amides is 1. The molecule has 0 atom stereocenters. The van der Waals surface area contributed by atoms with Crippen LogP contribution in [-0.4, -0.2) is 29.4 Å². The number of nitrogens with zero attached hydrogens (tertiary/aromatic N) is 1. The number of hydrogen-bond acceptors (Lipinski definition) is 2. The molecule has 4 nitrogen and oxygen atoms in total. The average Bonchev–Trinajstić information content (AvgIpc) is 2.52. The summed E-state index contributed by atoms with van der Waals surface area (Å²) in [5.74, 6) is 0.0954. The normalized spacial score (nSPS) is 11.0. The van der Waals surface area contributed by atoms with Gasteiger partial charge in [0.2, 0.25) is 5.91 Å². The number of carbonyl (C=O) groups excluding carboxylic acids is 1. The summed E-state index contributed by atoms with van der Waals surface area (Å²) in [6, 6.07) is 6.00. The second-order valence-electron chi connectivity index (χ2n) is 6.32. The molecule has 1 heterocycles. The molecule has 0 saturated heterocycles. The van der Waals surface area contributed by atoms with Gasteiger partial charge in [0.05, 0.1) is 0 Å². The second kappa shape index (κ2) is 7.44. The molecule has 0 radical (unpaired) electrons. The highest BCUT2D eigenvalue weighted by atomic mass is 16.2. The molecular weight excluding hydrogens is 288 g/mol. The molecule has 124 valence electrons. The van der Waals surface area contributed by atoms with Crippen LogP contribution in [0.15, 0.2) is 23.0 Å². The van der Waals surface area contributed by atoms with Crippen molar-refractivity contribution >= 4 is 16.8 Å². The number of pyridine rings is 1. The molecule has 1 aromatic carbocycles. The van der Waals surface area contributed by atoms with Crippen molar-refractivity contribution in [3.63, 3.8) is 0 Å². The summed E-state index contributed by atoms with van der Waals surface area (Å²) in [5, 5.41) is 1.02. The van der Waals surface area contributed by atoms with E-state index in [-0.39, 0.29) is 11.5 Å². The fourth-order valence-corrected chi connectivity index (χ4v) is 2.66. The van der Waals surface area contributed by atoms with Crippen LogP contribution in [-0.2, 0) is 11.2 Å². The number of H-pyrrole nitrogens is 1. The molecule has 0 aliphatic carbocycles. The summed E-state index contributed by atoms with van der Waals surface area (Å²) in [6.07, 6.45) is 2.94. The number of fused-ring (bicyclic) bond motifs is 1. The van der Waals surface area contributed by atoms with Crippen LogP contribution in [0.1, 0.15) is 42.9 Å². The minimum absolute atomic E-state index is 0.0928. The van der Waals surface area contributed by atoms with E-state index in [2.05, 4.69) is 24.9 Å². The molecule has 0 spiro atoms. The lowest BCUT2D eigenvalue weighted by Crippen LogP contribution is -2.28. The van der Waals surface area contributed by atoms with Crippen molar-refractivity contribution in [2.45, 2.75) is 46.5 Å². The van der Waals surface area contributed by atoms with Gasteiger partial charge in [0, 0.05) is 31.1 Å². The van der Waals surface area contributed by atoms with E-state index in [0.29, 0.717) is 18.4 Å². The predicted octanol–water partition coefficient (Wildman–Crippen LogP) is 3.34. The van der Waals surface area contributed by atoms with Crippen molar-refractivity contribution < 1.29 is 4.79 Å². The molecule has 0 unspecified atom stereocenters. The maximum atomic E-state index is 12.2. The number of nitrogens with one attached hydrogen (secondary N) is 1. The van der Waals surface area contributed by atoms with Crippen LogP contribution in [0.5, 0.6) is 0 Å². The fourth-order valence-electron chi connectivity index (χ4n) is 2.66. The Bertz CT molecular complexity index is 762. The average molecular weight is 314 g/mol. The number of unbranched alkanes of at least 4 members (excludes halogenated alkanes) is 1. The van der Waals surface area contributed by atoms with Crippen LogP contribution >= 0.6 is 0 Å². The molecular formula is C19H26N2O2. The zero-order valence-corrected chi connectivity index (χ0v) is 14.5. The van der Waals surface area contributed by atoms with Gasteiger partial charge in [-0.1, -0.05) is 13.3 Å². The molecule has 1 aromatic heterocycles. The maximum Gasteiger partial charge on any atom is 0.251 e. The van der Waals surface area contributed by atoms with Gasteiger partial charge < -0.3 is 9.88 Å². The summed E-state index contributed by atoms with van der Waals surface area (Å²) in [5.41, 5.74) is 3.80. The Morgan fingerprint density at radius 3 is 2.57 bits per heavy atom. The smallest absolute Gasteiger partial charge is 0.251 e. The summed E-state index contributed by atoms with van der Waals surface area (Å²) >= 11 is 0. The van der Waals surface area contributed by atoms with E-state index in [1.54, 1.807) is 4.90 Å². The minimum Gasteiger partial charge on any atom is -0.346 e. The Labute approximate surface area is 137 Å². The highest BCUT2D eigenvalue weighted by Gasteiger charge is 2.11. The van der Waals surface area contributed by atoms with Crippen molar-refractivity contribution in [3.05, 3.63) is 45.2 Å². The van der Waals surface area contributed by atoms with Gasteiger partial charge in [0.15, 0.2) is 0 Å². The summed E-state index contributed by atoms with van der Waals surface area (Å²) < 4.78 is 0. The highest BCUT2D eigenvalue weighted by Crippen LogP contribution is 2.17. The lowest BCUT2D eigenvalue weighted by Gasteiger charge is -2.16. The molecule has 0 saturated carbocycles. The number of rotatable bonds is 6. The first kappa shape index (κ1) is 17.3. The van der Waals surface area contributed by atoms with Crippen LogP contribution in [0.25, 0.3) is 10.9 Å². The molecule has 1 N–H and O–H groups in total. The van der Waals surface area contributed by atoms with E-state index >= 15 is 0 Å². The first-order chi connectivity index (χ1) is 10.9. The van der Waals surface area contributed by atoms with Gasteiger partial charge in [-0.3, -0.25) is 9.59 Å². The van der Waals surface area contributed by atoms with Gasteiger partial charge in [-0.15, -0.1) is 0 Å². The van der Waals surface area contributed by atoms with Gasteiger partial charge in [0.1, 0.15) is 0 Å². The zero-order chi connectivity index (χ0) is 17.0. The van der Waals surface area contributed by atoms with Crippen molar-refractivity contribution in [1.29, 1.82) is 0 Å². The lowest BCUT2D eigenvalue weighted by atomic mass is 10.0. The maximum absolute atomic E-state index is 12.2. The van der Waals surface area contributed by atoms with E-state index in [0.717, 1.165) is 35.9 Å². The van der Waals surface area contributed by atoms with E-state index in [9.17, 15) is 9.59 Å². The topological polar surface area (TPSA) is 53.2 Å². The first-order valence-corrected chi connectivity index (χ1v) is 8.29. The molecule has 2 aromatic rings. The SMILES string of the molecule is CCCCN(C)C(=O)CCc1cc2cc(C)c(C)cc2[nH]c1=O. The third kappa shape index (κ3) is 4.21. The monoisotopic (exact) mass is 314 g/mol. The van der Waals surface area contributed by atoms with Crippen LogP contribution in [0, 0.1) is 13.8 Å². The Morgan fingerprint density at radius 2 is 1.87 bits per heavy atom. The van der Waals surface area contributed by atoms with Gasteiger partial charge in [-0.25, -0.2) is 0 Å². The van der Waals surface area contributed by atoms with E-state index in [4.69, 9.17) is 0 Å². The first-order valence-electron chi connectivity index (χ1n) is 8.29. The van der Waals surface area contributed by atoms with Gasteiger partial charge in [-0.05, 0) is 61.4 Å².